The van der Waals surface area contributed by atoms with Crippen LogP contribution in [-0.4, -0.2) is 43.0 Å². The smallest absolute Gasteiger partial charge is 0.250 e. The Kier molecular flexibility index (Phi) is 4.96. The molecule has 1 N–H and O–H groups in total. The number of piperidine rings is 1. The molecule has 18 heavy (non-hydrogen) atoms. The van der Waals surface area contributed by atoms with Crippen molar-refractivity contribution >= 4 is 0 Å². The maximum absolute atomic E-state index is 12.3. The van der Waals surface area contributed by atoms with E-state index in [4.69, 9.17) is 0 Å². The fraction of sp³-hybridized carbons (Fsp3) is 1.00. The second-order valence-electron chi connectivity index (χ2n) is 6.32. The molecule has 0 bridgehead atoms. The minimum absolute atomic E-state index is 0.160. The molecule has 4 heteroatoms. The molecule has 0 aromatic heterocycles. The first-order valence-electron chi connectivity index (χ1n) is 7.30. The highest BCUT2D eigenvalue weighted by atomic mass is 19.3. The highest BCUT2D eigenvalue weighted by molar-refractivity contribution is 4.88. The first-order chi connectivity index (χ1) is 8.54. The van der Waals surface area contributed by atoms with Crippen LogP contribution in [0.15, 0.2) is 0 Å². The second kappa shape index (κ2) is 6.29. The summed E-state index contributed by atoms with van der Waals surface area (Å²) in [5.41, 5.74) is 0. The van der Waals surface area contributed by atoms with Gasteiger partial charge in [-0.1, -0.05) is 12.8 Å². The van der Waals surface area contributed by atoms with Gasteiger partial charge in [-0.3, -0.25) is 4.90 Å². The van der Waals surface area contributed by atoms with Gasteiger partial charge in [0.15, 0.2) is 0 Å². The summed E-state index contributed by atoms with van der Waals surface area (Å²) in [5.74, 6) is 1.63. The molecule has 0 amide bonds. The molecular weight excluding hydrogens is 234 g/mol. The molecule has 2 unspecified atom stereocenters. The van der Waals surface area contributed by atoms with E-state index >= 15 is 0 Å². The fourth-order valence-corrected chi connectivity index (χ4v) is 3.06. The zero-order valence-corrected chi connectivity index (χ0v) is 11.5. The maximum Gasteiger partial charge on any atom is 0.250 e. The van der Waals surface area contributed by atoms with Crippen molar-refractivity contribution in [3.8, 4) is 0 Å². The van der Waals surface area contributed by atoms with Crippen LogP contribution in [0.3, 0.4) is 0 Å². The summed E-state index contributed by atoms with van der Waals surface area (Å²) in [4.78, 5) is 2.44. The van der Waals surface area contributed by atoms with Gasteiger partial charge in [-0.05, 0) is 38.5 Å². The third-order valence-electron chi connectivity index (χ3n) is 4.22. The Morgan fingerprint density at radius 2 is 1.89 bits per heavy atom. The van der Waals surface area contributed by atoms with Gasteiger partial charge >= 0.3 is 0 Å². The summed E-state index contributed by atoms with van der Waals surface area (Å²) in [6.07, 6.45) is 2.91. The number of halogens is 2. The molecule has 2 aliphatic rings. The van der Waals surface area contributed by atoms with Crippen molar-refractivity contribution in [1.82, 2.24) is 10.2 Å². The zero-order valence-electron chi connectivity index (χ0n) is 11.5. The largest absolute Gasteiger partial charge is 0.307 e. The van der Waals surface area contributed by atoms with Crippen LogP contribution in [0.2, 0.25) is 0 Å². The number of alkyl halides is 2. The molecule has 1 aliphatic carbocycles. The SMILES string of the molecule is CC(C)N1CC(CC2CC2)CC(NCC(F)F)C1. The molecule has 2 rings (SSSR count). The van der Waals surface area contributed by atoms with Crippen LogP contribution >= 0.6 is 0 Å². The highest BCUT2D eigenvalue weighted by Crippen LogP contribution is 2.38. The third-order valence-corrected chi connectivity index (χ3v) is 4.22. The quantitative estimate of drug-likeness (QED) is 0.790. The van der Waals surface area contributed by atoms with E-state index in [2.05, 4.69) is 24.1 Å². The number of rotatable bonds is 6. The van der Waals surface area contributed by atoms with Crippen molar-refractivity contribution < 1.29 is 8.78 Å². The monoisotopic (exact) mass is 260 g/mol. The van der Waals surface area contributed by atoms with Crippen LogP contribution in [0.25, 0.3) is 0 Å². The molecule has 2 nitrogen and oxygen atoms in total. The first kappa shape index (κ1) is 14.2. The molecule has 0 radical (unpaired) electrons. The van der Waals surface area contributed by atoms with Gasteiger partial charge in [0, 0.05) is 25.2 Å². The standard InChI is InChI=1S/C14H26F2N2/c1-10(2)18-8-12(5-11-3-4-11)6-13(9-18)17-7-14(15)16/h10-14,17H,3-9H2,1-2H3. The Morgan fingerprint density at radius 3 is 2.44 bits per heavy atom. The summed E-state index contributed by atoms with van der Waals surface area (Å²) in [6.45, 7) is 6.31. The number of nitrogens with one attached hydrogen (secondary N) is 1. The summed E-state index contributed by atoms with van der Waals surface area (Å²) in [6, 6.07) is 0.766. The average molecular weight is 260 g/mol. The van der Waals surface area contributed by atoms with Crippen molar-refractivity contribution in [2.24, 2.45) is 11.8 Å². The number of nitrogens with zero attached hydrogens (tertiary/aromatic N) is 1. The van der Waals surface area contributed by atoms with Gasteiger partial charge in [0.05, 0.1) is 6.54 Å². The van der Waals surface area contributed by atoms with Crippen molar-refractivity contribution in [3.05, 3.63) is 0 Å². The van der Waals surface area contributed by atoms with E-state index in [-0.39, 0.29) is 12.6 Å². The second-order valence-corrected chi connectivity index (χ2v) is 6.32. The first-order valence-corrected chi connectivity index (χ1v) is 7.30. The van der Waals surface area contributed by atoms with E-state index in [1.807, 2.05) is 0 Å². The molecule has 0 aromatic rings. The maximum atomic E-state index is 12.3. The lowest BCUT2D eigenvalue weighted by molar-refractivity contribution is 0.0882. The molecule has 2 atom stereocenters. The molecule has 1 aliphatic heterocycles. The van der Waals surface area contributed by atoms with Gasteiger partial charge in [-0.25, -0.2) is 8.78 Å². The molecule has 0 aromatic carbocycles. The van der Waals surface area contributed by atoms with E-state index in [1.54, 1.807) is 0 Å². The van der Waals surface area contributed by atoms with Gasteiger partial charge < -0.3 is 5.32 Å². The van der Waals surface area contributed by atoms with E-state index in [9.17, 15) is 8.78 Å². The molecule has 106 valence electrons. The van der Waals surface area contributed by atoms with Crippen molar-refractivity contribution in [2.45, 2.75) is 58.0 Å². The van der Waals surface area contributed by atoms with Crippen LogP contribution in [-0.2, 0) is 0 Å². The normalized spacial score (nSPS) is 30.3. The van der Waals surface area contributed by atoms with Crippen LogP contribution in [0.1, 0.15) is 39.5 Å². The predicted molar refractivity (Wildman–Crippen MR) is 70.0 cm³/mol. The minimum Gasteiger partial charge on any atom is -0.307 e. The molecule has 1 saturated carbocycles. The van der Waals surface area contributed by atoms with Gasteiger partial charge in [-0.2, -0.15) is 0 Å². The lowest BCUT2D eigenvalue weighted by atomic mass is 9.89. The number of likely N-dealkylation sites (tertiary alicyclic amines) is 1. The Morgan fingerprint density at radius 1 is 1.17 bits per heavy atom. The average Bonchev–Trinajstić information content (AvgIpc) is 3.10. The van der Waals surface area contributed by atoms with Crippen molar-refractivity contribution in [1.29, 1.82) is 0 Å². The van der Waals surface area contributed by atoms with Gasteiger partial charge in [0.25, 0.3) is 6.43 Å². The molecule has 1 heterocycles. The Hall–Kier alpha value is -0.220. The van der Waals surface area contributed by atoms with Gasteiger partial charge in [0.1, 0.15) is 0 Å². The van der Waals surface area contributed by atoms with E-state index in [1.165, 1.54) is 19.3 Å². The Balaban J connectivity index is 1.83. The van der Waals surface area contributed by atoms with Crippen LogP contribution in [0.5, 0.6) is 0 Å². The zero-order chi connectivity index (χ0) is 13.1. The minimum atomic E-state index is -2.23. The van der Waals surface area contributed by atoms with Crippen LogP contribution in [0.4, 0.5) is 8.78 Å². The summed E-state index contributed by atoms with van der Waals surface area (Å²) in [7, 11) is 0. The number of hydrogen-bond donors (Lipinski definition) is 1. The summed E-state index contributed by atoms with van der Waals surface area (Å²) in [5, 5.41) is 3.04. The van der Waals surface area contributed by atoms with Gasteiger partial charge in [0.2, 0.25) is 0 Å². The Labute approximate surface area is 109 Å². The van der Waals surface area contributed by atoms with E-state index < -0.39 is 6.43 Å². The molecule has 2 fully saturated rings. The summed E-state index contributed by atoms with van der Waals surface area (Å²) < 4.78 is 24.6. The predicted octanol–water partition coefficient (Wildman–Crippen LogP) is 2.74. The topological polar surface area (TPSA) is 15.3 Å². The lowest BCUT2D eigenvalue weighted by Gasteiger charge is -2.40. The van der Waals surface area contributed by atoms with Gasteiger partial charge in [-0.15, -0.1) is 0 Å². The molecule has 1 saturated heterocycles. The van der Waals surface area contributed by atoms with E-state index in [0.717, 1.165) is 25.4 Å². The molecule has 0 spiro atoms. The van der Waals surface area contributed by atoms with Crippen molar-refractivity contribution in [2.75, 3.05) is 19.6 Å². The number of hydrogen-bond acceptors (Lipinski definition) is 2. The fourth-order valence-electron chi connectivity index (χ4n) is 3.06. The van der Waals surface area contributed by atoms with Crippen LogP contribution in [0, 0.1) is 11.8 Å². The highest BCUT2D eigenvalue weighted by Gasteiger charge is 2.32. The molecular formula is C14H26F2N2. The lowest BCUT2D eigenvalue weighted by Crippen LogP contribution is -2.52. The van der Waals surface area contributed by atoms with Crippen molar-refractivity contribution in [3.63, 3.8) is 0 Å². The Bertz CT molecular complexity index is 254. The van der Waals surface area contributed by atoms with E-state index in [0.29, 0.717) is 12.0 Å². The summed E-state index contributed by atoms with van der Waals surface area (Å²) >= 11 is 0. The third kappa shape index (κ3) is 4.47. The van der Waals surface area contributed by atoms with Crippen LogP contribution < -0.4 is 5.32 Å².